The summed E-state index contributed by atoms with van der Waals surface area (Å²) in [6, 6.07) is 14.3. The minimum Gasteiger partial charge on any atom is -0.265 e. The van der Waals surface area contributed by atoms with Gasteiger partial charge in [0.1, 0.15) is 0 Å². The summed E-state index contributed by atoms with van der Waals surface area (Å²) in [6.07, 6.45) is 3.62. The van der Waals surface area contributed by atoms with Crippen molar-refractivity contribution in [2.45, 2.75) is 0 Å². The van der Waals surface area contributed by atoms with E-state index >= 15 is 0 Å². The Hall–Kier alpha value is -0.981. The molecule has 0 aliphatic carbocycles. The van der Waals surface area contributed by atoms with Gasteiger partial charge in [-0.3, -0.25) is 4.98 Å². The van der Waals surface area contributed by atoms with Crippen LogP contribution in [0.4, 0.5) is 0 Å². The molecule has 1 heterocycles. The fourth-order valence-electron chi connectivity index (χ4n) is 1.17. The molecule has 0 aliphatic rings. The summed E-state index contributed by atoms with van der Waals surface area (Å²) in [5.74, 6) is 0. The summed E-state index contributed by atoms with van der Waals surface area (Å²) < 4.78 is 0. The minimum atomic E-state index is 0. The molecule has 0 spiro atoms. The van der Waals surface area contributed by atoms with Crippen LogP contribution in [-0.2, 0) is 20.1 Å². The zero-order valence-electron chi connectivity index (χ0n) is 6.98. The maximum Gasteiger partial charge on any atom is 0.0273 e. The second-order valence-electron chi connectivity index (χ2n) is 2.60. The SMILES string of the molecule is [Ir].c1ccc(-c2ccncc2)cc1. The van der Waals surface area contributed by atoms with Crippen molar-refractivity contribution in [1.82, 2.24) is 4.98 Å². The maximum absolute atomic E-state index is 3.97. The van der Waals surface area contributed by atoms with Gasteiger partial charge in [-0.15, -0.1) is 0 Å². The maximum atomic E-state index is 3.97. The second kappa shape index (κ2) is 4.90. The molecule has 2 aromatic rings. The molecular formula is C11H9IrN. The molecule has 0 N–H and O–H groups in total. The summed E-state index contributed by atoms with van der Waals surface area (Å²) in [5, 5.41) is 0. The van der Waals surface area contributed by atoms with E-state index < -0.39 is 0 Å². The monoisotopic (exact) mass is 348 g/mol. The number of benzene rings is 1. The van der Waals surface area contributed by atoms with Crippen molar-refractivity contribution in [3.05, 3.63) is 54.9 Å². The molecule has 0 amide bonds. The van der Waals surface area contributed by atoms with E-state index in [4.69, 9.17) is 0 Å². The number of hydrogen-bond donors (Lipinski definition) is 0. The Morgan fingerprint density at radius 1 is 0.692 bits per heavy atom. The number of pyridine rings is 1. The zero-order valence-corrected chi connectivity index (χ0v) is 9.37. The molecule has 0 saturated carbocycles. The molecule has 67 valence electrons. The van der Waals surface area contributed by atoms with Crippen LogP contribution in [0.5, 0.6) is 0 Å². The molecule has 1 radical (unpaired) electrons. The van der Waals surface area contributed by atoms with Crippen molar-refractivity contribution < 1.29 is 20.1 Å². The standard InChI is InChI=1S/C11H9N.Ir/c1-2-4-10(5-3-1)11-6-8-12-9-7-11;/h1-9H;. The van der Waals surface area contributed by atoms with E-state index in [9.17, 15) is 0 Å². The van der Waals surface area contributed by atoms with Gasteiger partial charge in [-0.25, -0.2) is 0 Å². The van der Waals surface area contributed by atoms with E-state index in [0.717, 1.165) is 0 Å². The van der Waals surface area contributed by atoms with Gasteiger partial charge < -0.3 is 0 Å². The average molecular weight is 347 g/mol. The first-order valence-electron chi connectivity index (χ1n) is 3.92. The molecule has 0 unspecified atom stereocenters. The third kappa shape index (κ3) is 2.48. The average Bonchev–Trinajstić information content (AvgIpc) is 2.21. The van der Waals surface area contributed by atoms with E-state index in [1.54, 1.807) is 0 Å². The van der Waals surface area contributed by atoms with Crippen molar-refractivity contribution in [3.8, 4) is 11.1 Å². The number of nitrogens with zero attached hydrogens (tertiary/aromatic N) is 1. The summed E-state index contributed by atoms with van der Waals surface area (Å²) in [4.78, 5) is 3.97. The minimum absolute atomic E-state index is 0. The van der Waals surface area contributed by atoms with Crippen LogP contribution < -0.4 is 0 Å². The van der Waals surface area contributed by atoms with Gasteiger partial charge in [-0.1, -0.05) is 30.3 Å². The molecule has 1 aromatic carbocycles. The molecule has 13 heavy (non-hydrogen) atoms. The van der Waals surface area contributed by atoms with Crippen LogP contribution in [0.3, 0.4) is 0 Å². The smallest absolute Gasteiger partial charge is 0.0273 e. The summed E-state index contributed by atoms with van der Waals surface area (Å²) in [5.41, 5.74) is 2.45. The third-order valence-corrected chi connectivity index (χ3v) is 1.79. The Balaban J connectivity index is 0.000000845. The first-order valence-corrected chi connectivity index (χ1v) is 3.92. The van der Waals surface area contributed by atoms with Gasteiger partial charge in [0.2, 0.25) is 0 Å². The topological polar surface area (TPSA) is 12.9 Å². The van der Waals surface area contributed by atoms with Crippen molar-refractivity contribution in [2.24, 2.45) is 0 Å². The molecule has 1 aromatic heterocycles. The first-order chi connectivity index (χ1) is 5.97. The zero-order chi connectivity index (χ0) is 8.23. The largest absolute Gasteiger partial charge is 0.265 e. The third-order valence-electron chi connectivity index (χ3n) is 1.79. The normalized spacial score (nSPS) is 8.92. The van der Waals surface area contributed by atoms with Crippen LogP contribution in [0, 0.1) is 0 Å². The Morgan fingerprint density at radius 2 is 1.23 bits per heavy atom. The first kappa shape index (κ1) is 10.1. The van der Waals surface area contributed by atoms with Crippen LogP contribution >= 0.6 is 0 Å². The van der Waals surface area contributed by atoms with Crippen molar-refractivity contribution >= 4 is 0 Å². The molecule has 2 heteroatoms. The predicted molar refractivity (Wildman–Crippen MR) is 49.7 cm³/mol. The Kier molecular flexibility index (Phi) is 3.81. The van der Waals surface area contributed by atoms with Crippen LogP contribution in [0.25, 0.3) is 11.1 Å². The number of aromatic nitrogens is 1. The molecule has 0 aliphatic heterocycles. The van der Waals surface area contributed by atoms with Gasteiger partial charge in [0.25, 0.3) is 0 Å². The van der Waals surface area contributed by atoms with E-state index in [-0.39, 0.29) is 20.1 Å². The Labute approximate surface area is 91.2 Å². The Morgan fingerprint density at radius 3 is 1.85 bits per heavy atom. The summed E-state index contributed by atoms with van der Waals surface area (Å²) in [7, 11) is 0. The summed E-state index contributed by atoms with van der Waals surface area (Å²) >= 11 is 0. The Bertz CT molecular complexity index is 307. The van der Waals surface area contributed by atoms with Gasteiger partial charge >= 0.3 is 0 Å². The fourth-order valence-corrected chi connectivity index (χ4v) is 1.17. The number of rotatable bonds is 1. The van der Waals surface area contributed by atoms with E-state index in [0.29, 0.717) is 0 Å². The molecule has 1 nitrogen and oxygen atoms in total. The van der Waals surface area contributed by atoms with E-state index in [2.05, 4.69) is 17.1 Å². The predicted octanol–water partition coefficient (Wildman–Crippen LogP) is 2.75. The van der Waals surface area contributed by atoms with Crippen LogP contribution in [0.1, 0.15) is 0 Å². The quantitative estimate of drug-likeness (QED) is 0.773. The van der Waals surface area contributed by atoms with Crippen LogP contribution in [-0.4, -0.2) is 4.98 Å². The summed E-state index contributed by atoms with van der Waals surface area (Å²) in [6.45, 7) is 0. The van der Waals surface area contributed by atoms with Gasteiger partial charge in [-0.2, -0.15) is 0 Å². The molecular weight excluding hydrogens is 338 g/mol. The van der Waals surface area contributed by atoms with E-state index in [1.165, 1.54) is 11.1 Å². The molecule has 0 atom stereocenters. The van der Waals surface area contributed by atoms with E-state index in [1.807, 2.05) is 42.7 Å². The molecule has 0 bridgehead atoms. The van der Waals surface area contributed by atoms with Crippen LogP contribution in [0.15, 0.2) is 54.9 Å². The van der Waals surface area contributed by atoms with Crippen LogP contribution in [0.2, 0.25) is 0 Å². The number of hydrogen-bond acceptors (Lipinski definition) is 1. The van der Waals surface area contributed by atoms with Gasteiger partial charge in [0.15, 0.2) is 0 Å². The van der Waals surface area contributed by atoms with Gasteiger partial charge in [-0.05, 0) is 23.3 Å². The second-order valence-corrected chi connectivity index (χ2v) is 2.60. The van der Waals surface area contributed by atoms with Gasteiger partial charge in [0, 0.05) is 32.5 Å². The van der Waals surface area contributed by atoms with Crippen molar-refractivity contribution in [2.75, 3.05) is 0 Å². The van der Waals surface area contributed by atoms with Crippen molar-refractivity contribution in [3.63, 3.8) is 0 Å². The molecule has 0 fully saturated rings. The van der Waals surface area contributed by atoms with Gasteiger partial charge in [0.05, 0.1) is 0 Å². The molecule has 0 saturated heterocycles. The molecule has 2 rings (SSSR count). The fraction of sp³-hybridized carbons (Fsp3) is 0. The van der Waals surface area contributed by atoms with Crippen molar-refractivity contribution in [1.29, 1.82) is 0 Å².